The van der Waals surface area contributed by atoms with Crippen LogP contribution in [-0.4, -0.2) is 74.6 Å². The molecule has 0 radical (unpaired) electrons. The van der Waals surface area contributed by atoms with Gasteiger partial charge in [0.2, 0.25) is 0 Å². The molecule has 0 saturated carbocycles. The third kappa shape index (κ3) is 8.53. The predicted molar refractivity (Wildman–Crippen MR) is 216 cm³/mol. The first-order chi connectivity index (χ1) is 28.3. The van der Waals surface area contributed by atoms with Crippen LogP contribution < -0.4 is 20.2 Å². The third-order valence-electron chi connectivity index (χ3n) is 11.3. The summed E-state index contributed by atoms with van der Waals surface area (Å²) in [4.78, 5) is 22.2. The van der Waals surface area contributed by atoms with Gasteiger partial charge in [-0.3, -0.25) is 0 Å². The Labute approximate surface area is 336 Å². The van der Waals surface area contributed by atoms with Crippen molar-refractivity contribution in [1.29, 1.82) is 0 Å². The van der Waals surface area contributed by atoms with E-state index < -0.39 is 17.2 Å². The molecular weight excluding hydrogens is 743 g/mol. The number of nitrogens with zero attached hydrogens (tertiary/aromatic N) is 8. The van der Waals surface area contributed by atoms with E-state index in [1.165, 1.54) is 18.5 Å². The molecule has 2 fully saturated rings. The zero-order valence-electron chi connectivity index (χ0n) is 32.7. The van der Waals surface area contributed by atoms with E-state index in [2.05, 4.69) is 49.2 Å². The Morgan fingerprint density at radius 1 is 0.862 bits per heavy atom. The van der Waals surface area contributed by atoms with E-state index in [1.807, 2.05) is 68.4 Å². The van der Waals surface area contributed by atoms with Crippen LogP contribution in [-0.2, 0) is 28.2 Å². The third-order valence-corrected chi connectivity index (χ3v) is 11.3. The van der Waals surface area contributed by atoms with Gasteiger partial charge in [-0.2, -0.15) is 10.2 Å². The maximum absolute atomic E-state index is 15.0. The number of anilines is 2. The average Bonchev–Trinajstić information content (AvgIpc) is 4.02. The minimum atomic E-state index is -1.02. The lowest BCUT2D eigenvalue weighted by atomic mass is 9.87. The minimum Gasteiger partial charge on any atom is -0.493 e. The zero-order chi connectivity index (χ0) is 40.1. The second-order valence-corrected chi connectivity index (χ2v) is 15.1. The normalized spacial score (nSPS) is 19.3. The maximum atomic E-state index is 15.0. The second-order valence-electron chi connectivity index (χ2n) is 15.1. The van der Waals surface area contributed by atoms with E-state index in [0.717, 1.165) is 60.6 Å². The Balaban J connectivity index is 0.828. The van der Waals surface area contributed by atoms with E-state index in [-0.39, 0.29) is 30.3 Å². The molecule has 8 rings (SSSR count). The highest BCUT2D eigenvalue weighted by atomic mass is 19.1. The van der Waals surface area contributed by atoms with Crippen LogP contribution in [0.3, 0.4) is 0 Å². The highest BCUT2D eigenvalue weighted by Gasteiger charge is 2.44. The van der Waals surface area contributed by atoms with E-state index in [1.54, 1.807) is 26.6 Å². The molecule has 6 aromatic rings. The Kier molecular flexibility index (Phi) is 11.6. The number of rotatable bonds is 15. The SMILES string of the molecule is CC[C@@H]([C@H](C)OCc1ccccc1)n1ncn(-c2ccc(N3CCN(c4ccc(OC[C@H]5CO[C@@](Cn6cncn6)(c6ccc(F)cc6F)C5)cc4)CC3)cc2)c1=O. The molecule has 4 heterocycles. The molecule has 2 aliphatic heterocycles. The molecule has 0 bridgehead atoms. The van der Waals surface area contributed by atoms with Crippen molar-refractivity contribution in [3.8, 4) is 11.4 Å². The minimum absolute atomic E-state index is 0.0128. The molecule has 0 spiro atoms. The average molecular weight is 791 g/mol. The Hall–Kier alpha value is -5.86. The van der Waals surface area contributed by atoms with Crippen LogP contribution in [0.15, 0.2) is 121 Å². The van der Waals surface area contributed by atoms with Crippen molar-refractivity contribution < 1.29 is 23.0 Å². The molecule has 2 aliphatic rings. The van der Waals surface area contributed by atoms with Gasteiger partial charge in [-0.1, -0.05) is 43.3 Å². The fourth-order valence-corrected chi connectivity index (χ4v) is 8.14. The van der Waals surface area contributed by atoms with Crippen LogP contribution in [0.4, 0.5) is 20.2 Å². The molecule has 14 heteroatoms. The molecule has 0 amide bonds. The molecule has 302 valence electrons. The first kappa shape index (κ1) is 39.0. The smallest absolute Gasteiger partial charge is 0.350 e. The van der Waals surface area contributed by atoms with Gasteiger partial charge in [0.1, 0.15) is 42.0 Å². The van der Waals surface area contributed by atoms with Crippen molar-refractivity contribution in [2.75, 3.05) is 49.2 Å². The largest absolute Gasteiger partial charge is 0.493 e. The van der Waals surface area contributed by atoms with Gasteiger partial charge in [-0.15, -0.1) is 0 Å². The van der Waals surface area contributed by atoms with Gasteiger partial charge in [-0.05, 0) is 79.9 Å². The van der Waals surface area contributed by atoms with Crippen LogP contribution in [0, 0.1) is 17.6 Å². The molecule has 2 saturated heterocycles. The van der Waals surface area contributed by atoms with Crippen LogP contribution in [0.1, 0.15) is 43.9 Å². The van der Waals surface area contributed by atoms with Crippen molar-refractivity contribution in [2.24, 2.45) is 5.92 Å². The monoisotopic (exact) mass is 790 g/mol. The predicted octanol–water partition coefficient (Wildman–Crippen LogP) is 6.80. The summed E-state index contributed by atoms with van der Waals surface area (Å²) in [5, 5.41) is 8.68. The molecule has 58 heavy (non-hydrogen) atoms. The lowest BCUT2D eigenvalue weighted by Crippen LogP contribution is -2.46. The van der Waals surface area contributed by atoms with Crippen molar-refractivity contribution in [1.82, 2.24) is 29.1 Å². The summed E-state index contributed by atoms with van der Waals surface area (Å²) in [7, 11) is 0. The molecule has 2 aromatic heterocycles. The summed E-state index contributed by atoms with van der Waals surface area (Å²) < 4.78 is 52.1. The Morgan fingerprint density at radius 3 is 2.21 bits per heavy atom. The van der Waals surface area contributed by atoms with Gasteiger partial charge in [0.15, 0.2) is 0 Å². The second kappa shape index (κ2) is 17.3. The summed E-state index contributed by atoms with van der Waals surface area (Å²) in [6.07, 6.45) is 5.57. The number of benzene rings is 4. The van der Waals surface area contributed by atoms with E-state index in [0.29, 0.717) is 38.2 Å². The zero-order valence-corrected chi connectivity index (χ0v) is 32.7. The van der Waals surface area contributed by atoms with Crippen LogP contribution in [0.25, 0.3) is 5.69 Å². The van der Waals surface area contributed by atoms with Gasteiger partial charge in [0.25, 0.3) is 0 Å². The molecule has 4 aromatic carbocycles. The quantitative estimate of drug-likeness (QED) is 0.111. The van der Waals surface area contributed by atoms with Gasteiger partial charge >= 0.3 is 5.69 Å². The van der Waals surface area contributed by atoms with Gasteiger partial charge in [-0.25, -0.2) is 32.5 Å². The van der Waals surface area contributed by atoms with E-state index >= 15 is 4.39 Å². The highest BCUT2D eigenvalue weighted by Crippen LogP contribution is 2.42. The topological polar surface area (TPSA) is 105 Å². The van der Waals surface area contributed by atoms with Crippen LogP contribution in [0.5, 0.6) is 5.75 Å². The van der Waals surface area contributed by atoms with E-state index in [9.17, 15) is 9.18 Å². The first-order valence-corrected chi connectivity index (χ1v) is 19.9. The number of hydrogen-bond donors (Lipinski definition) is 0. The molecule has 0 N–H and O–H groups in total. The van der Waals surface area contributed by atoms with Gasteiger partial charge < -0.3 is 24.0 Å². The number of ether oxygens (including phenoxy) is 3. The Morgan fingerprint density at radius 2 is 1.55 bits per heavy atom. The fraction of sp³-hybridized carbons (Fsp3) is 0.364. The van der Waals surface area contributed by atoms with Crippen LogP contribution >= 0.6 is 0 Å². The van der Waals surface area contributed by atoms with Crippen molar-refractivity contribution in [2.45, 2.75) is 57.6 Å². The number of halogens is 2. The summed E-state index contributed by atoms with van der Waals surface area (Å²) >= 11 is 0. The summed E-state index contributed by atoms with van der Waals surface area (Å²) in [5.74, 6) is -0.555. The van der Waals surface area contributed by atoms with Gasteiger partial charge in [0, 0.05) is 55.1 Å². The number of hydrogen-bond acceptors (Lipinski definition) is 9. The molecular formula is C44H48F2N8O4. The summed E-state index contributed by atoms with van der Waals surface area (Å²) in [6, 6.07) is 29.6. The fourth-order valence-electron chi connectivity index (χ4n) is 8.14. The summed E-state index contributed by atoms with van der Waals surface area (Å²) in [6.45, 7) is 8.91. The molecule has 0 aliphatic carbocycles. The van der Waals surface area contributed by atoms with Crippen molar-refractivity contribution >= 4 is 11.4 Å². The van der Waals surface area contributed by atoms with Crippen LogP contribution in [0.2, 0.25) is 0 Å². The van der Waals surface area contributed by atoms with Crippen molar-refractivity contribution in [3.63, 3.8) is 0 Å². The lowest BCUT2D eigenvalue weighted by Gasteiger charge is -2.37. The number of aromatic nitrogens is 6. The maximum Gasteiger partial charge on any atom is 0.350 e. The first-order valence-electron chi connectivity index (χ1n) is 19.9. The number of piperazine rings is 1. The summed E-state index contributed by atoms with van der Waals surface area (Å²) in [5.41, 5.74) is 3.16. The standard InChI is InChI=1S/C44H48F2N8O4/c1-3-42(32(2)56-25-33-7-5-4-6-8-33)54-43(55)53(31-49-54)38-12-10-36(11-13-38)50-19-21-51(22-20-50)37-14-16-39(17-15-37)57-26-34-24-44(58-27-34,28-52-30-47-29-48-52)40-18-9-35(45)23-41(40)46/h4-18,23,29-32,34,42H,3,19-22,24-28H2,1-2H3/t32-,34-,42-,44-/m0/s1. The van der Waals surface area contributed by atoms with E-state index in [4.69, 9.17) is 14.2 Å². The molecule has 4 atom stereocenters. The van der Waals surface area contributed by atoms with Gasteiger partial charge in [0.05, 0.1) is 44.2 Å². The highest BCUT2D eigenvalue weighted by molar-refractivity contribution is 5.54. The molecule has 12 nitrogen and oxygen atoms in total. The molecule has 0 unspecified atom stereocenters. The lowest BCUT2D eigenvalue weighted by molar-refractivity contribution is -0.0206. The van der Waals surface area contributed by atoms with Crippen molar-refractivity contribution in [3.05, 3.63) is 149 Å². The Bertz CT molecular complexity index is 2300.